The number of hydrogen-bond donors (Lipinski definition) is 2. The summed E-state index contributed by atoms with van der Waals surface area (Å²) in [6.07, 6.45) is 6.15. The summed E-state index contributed by atoms with van der Waals surface area (Å²) in [7, 11) is 2.05. The van der Waals surface area contributed by atoms with Gasteiger partial charge in [-0.25, -0.2) is 0 Å². The van der Waals surface area contributed by atoms with Crippen molar-refractivity contribution in [3.8, 4) is 0 Å². The SMILES string of the molecule is CNCC1CCCC1c1ccc[nH]1. The van der Waals surface area contributed by atoms with Crippen LogP contribution in [0.15, 0.2) is 18.3 Å². The minimum atomic E-state index is 0.766. The molecule has 1 aliphatic carbocycles. The van der Waals surface area contributed by atoms with Crippen LogP contribution >= 0.6 is 0 Å². The maximum atomic E-state index is 3.34. The molecule has 2 nitrogen and oxygen atoms in total. The lowest BCUT2D eigenvalue weighted by Gasteiger charge is -2.17. The van der Waals surface area contributed by atoms with E-state index in [-0.39, 0.29) is 0 Å². The van der Waals surface area contributed by atoms with E-state index in [1.807, 2.05) is 13.2 Å². The summed E-state index contributed by atoms with van der Waals surface area (Å²) in [5.74, 6) is 1.60. The first-order valence-electron chi connectivity index (χ1n) is 5.19. The molecule has 2 heteroatoms. The Morgan fingerprint density at radius 3 is 3.15 bits per heavy atom. The van der Waals surface area contributed by atoms with Crippen molar-refractivity contribution >= 4 is 0 Å². The van der Waals surface area contributed by atoms with Crippen LogP contribution in [0.1, 0.15) is 30.9 Å². The number of nitrogens with one attached hydrogen (secondary N) is 2. The zero-order chi connectivity index (χ0) is 9.10. The molecule has 2 rings (SSSR count). The van der Waals surface area contributed by atoms with E-state index in [1.165, 1.54) is 25.0 Å². The number of rotatable bonds is 3. The van der Waals surface area contributed by atoms with E-state index in [0.29, 0.717) is 0 Å². The predicted molar refractivity (Wildman–Crippen MR) is 54.8 cm³/mol. The Bertz CT molecular complexity index is 241. The van der Waals surface area contributed by atoms with Crippen LogP contribution in [-0.4, -0.2) is 18.6 Å². The second kappa shape index (κ2) is 3.97. The largest absolute Gasteiger partial charge is 0.365 e. The molecule has 0 radical (unpaired) electrons. The van der Waals surface area contributed by atoms with Crippen molar-refractivity contribution in [2.75, 3.05) is 13.6 Å². The Hall–Kier alpha value is -0.760. The highest BCUT2D eigenvalue weighted by Crippen LogP contribution is 2.38. The van der Waals surface area contributed by atoms with Crippen molar-refractivity contribution < 1.29 is 0 Å². The van der Waals surface area contributed by atoms with Crippen molar-refractivity contribution in [1.82, 2.24) is 10.3 Å². The number of hydrogen-bond acceptors (Lipinski definition) is 1. The summed E-state index contributed by atoms with van der Waals surface area (Å²) in [5.41, 5.74) is 1.43. The highest BCUT2D eigenvalue weighted by Gasteiger charge is 2.28. The van der Waals surface area contributed by atoms with Gasteiger partial charge in [0.05, 0.1) is 0 Å². The molecule has 1 heterocycles. The number of H-pyrrole nitrogens is 1. The van der Waals surface area contributed by atoms with E-state index < -0.39 is 0 Å². The van der Waals surface area contributed by atoms with Gasteiger partial charge in [-0.2, -0.15) is 0 Å². The van der Waals surface area contributed by atoms with E-state index in [9.17, 15) is 0 Å². The molecule has 0 bridgehead atoms. The molecule has 2 atom stereocenters. The molecule has 0 aliphatic heterocycles. The molecule has 0 amide bonds. The molecule has 1 aliphatic rings. The van der Waals surface area contributed by atoms with Crippen molar-refractivity contribution in [3.63, 3.8) is 0 Å². The van der Waals surface area contributed by atoms with E-state index >= 15 is 0 Å². The Morgan fingerprint density at radius 1 is 1.54 bits per heavy atom. The lowest BCUT2D eigenvalue weighted by Crippen LogP contribution is -2.21. The topological polar surface area (TPSA) is 27.8 Å². The maximum absolute atomic E-state index is 3.34. The molecule has 0 aromatic carbocycles. The van der Waals surface area contributed by atoms with E-state index in [0.717, 1.165) is 18.4 Å². The van der Waals surface area contributed by atoms with Crippen LogP contribution in [-0.2, 0) is 0 Å². The molecule has 2 unspecified atom stereocenters. The lowest BCUT2D eigenvalue weighted by atomic mass is 9.93. The smallest absolute Gasteiger partial charge is 0.0181 e. The van der Waals surface area contributed by atoms with Crippen LogP contribution in [0.5, 0.6) is 0 Å². The Morgan fingerprint density at radius 2 is 2.46 bits per heavy atom. The van der Waals surface area contributed by atoms with Crippen LogP contribution < -0.4 is 5.32 Å². The van der Waals surface area contributed by atoms with Crippen LogP contribution in [0.2, 0.25) is 0 Å². The highest BCUT2D eigenvalue weighted by atomic mass is 14.8. The summed E-state index contributed by atoms with van der Waals surface area (Å²) in [6.45, 7) is 1.16. The third-order valence-corrected chi connectivity index (χ3v) is 3.15. The average Bonchev–Trinajstić information content (AvgIpc) is 2.71. The van der Waals surface area contributed by atoms with Gasteiger partial charge in [0.15, 0.2) is 0 Å². The van der Waals surface area contributed by atoms with Gasteiger partial charge in [-0.3, -0.25) is 0 Å². The van der Waals surface area contributed by atoms with Gasteiger partial charge in [-0.1, -0.05) is 6.42 Å². The molecule has 0 saturated heterocycles. The Labute approximate surface area is 79.7 Å². The molecule has 1 aromatic rings. The van der Waals surface area contributed by atoms with Crippen LogP contribution in [0, 0.1) is 5.92 Å². The fraction of sp³-hybridized carbons (Fsp3) is 0.636. The Balaban J connectivity index is 2.05. The second-order valence-corrected chi connectivity index (χ2v) is 3.98. The summed E-state index contributed by atoms with van der Waals surface area (Å²) in [6, 6.07) is 4.32. The van der Waals surface area contributed by atoms with Gasteiger partial charge in [-0.05, 0) is 44.5 Å². The fourth-order valence-electron chi connectivity index (χ4n) is 2.53. The zero-order valence-corrected chi connectivity index (χ0v) is 8.22. The summed E-state index contributed by atoms with van der Waals surface area (Å²) < 4.78 is 0. The van der Waals surface area contributed by atoms with Gasteiger partial charge < -0.3 is 10.3 Å². The zero-order valence-electron chi connectivity index (χ0n) is 8.22. The summed E-state index contributed by atoms with van der Waals surface area (Å²) in [5, 5.41) is 3.29. The van der Waals surface area contributed by atoms with E-state index in [1.54, 1.807) is 0 Å². The first kappa shape index (κ1) is 8.82. The Kier molecular flexibility index (Phi) is 2.69. The first-order chi connectivity index (χ1) is 6.42. The van der Waals surface area contributed by atoms with Crippen LogP contribution in [0.3, 0.4) is 0 Å². The summed E-state index contributed by atoms with van der Waals surface area (Å²) in [4.78, 5) is 3.34. The van der Waals surface area contributed by atoms with E-state index in [4.69, 9.17) is 0 Å². The van der Waals surface area contributed by atoms with Gasteiger partial charge in [0.1, 0.15) is 0 Å². The summed E-state index contributed by atoms with van der Waals surface area (Å²) >= 11 is 0. The fourth-order valence-corrected chi connectivity index (χ4v) is 2.53. The quantitative estimate of drug-likeness (QED) is 0.729. The van der Waals surface area contributed by atoms with E-state index in [2.05, 4.69) is 22.4 Å². The third kappa shape index (κ3) is 1.78. The van der Waals surface area contributed by atoms with Gasteiger partial charge in [0.2, 0.25) is 0 Å². The van der Waals surface area contributed by atoms with Gasteiger partial charge >= 0.3 is 0 Å². The number of aromatic amines is 1. The molecule has 1 fully saturated rings. The molecule has 2 N–H and O–H groups in total. The average molecular weight is 178 g/mol. The minimum Gasteiger partial charge on any atom is -0.365 e. The molecular weight excluding hydrogens is 160 g/mol. The van der Waals surface area contributed by atoms with Crippen LogP contribution in [0.25, 0.3) is 0 Å². The van der Waals surface area contributed by atoms with Gasteiger partial charge in [0.25, 0.3) is 0 Å². The molecule has 0 spiro atoms. The van der Waals surface area contributed by atoms with Gasteiger partial charge in [-0.15, -0.1) is 0 Å². The van der Waals surface area contributed by atoms with Crippen molar-refractivity contribution in [2.24, 2.45) is 5.92 Å². The highest BCUT2D eigenvalue weighted by molar-refractivity contribution is 5.13. The molecule has 1 aromatic heterocycles. The molecule has 1 saturated carbocycles. The predicted octanol–water partition coefficient (Wildman–Crippen LogP) is 2.12. The van der Waals surface area contributed by atoms with Crippen molar-refractivity contribution in [1.29, 1.82) is 0 Å². The molecule has 13 heavy (non-hydrogen) atoms. The first-order valence-corrected chi connectivity index (χ1v) is 5.19. The standard InChI is InChI=1S/C11H18N2/c1-12-8-9-4-2-5-10(9)11-6-3-7-13-11/h3,6-7,9-10,12-13H,2,4-5,8H2,1H3. The normalized spacial score (nSPS) is 28.1. The second-order valence-electron chi connectivity index (χ2n) is 3.98. The molecule has 72 valence electrons. The third-order valence-electron chi connectivity index (χ3n) is 3.15. The van der Waals surface area contributed by atoms with Gasteiger partial charge in [0, 0.05) is 17.8 Å². The van der Waals surface area contributed by atoms with Crippen LogP contribution in [0.4, 0.5) is 0 Å². The monoisotopic (exact) mass is 178 g/mol. The van der Waals surface area contributed by atoms with Crippen molar-refractivity contribution in [3.05, 3.63) is 24.0 Å². The number of aromatic nitrogens is 1. The lowest BCUT2D eigenvalue weighted by molar-refractivity contribution is 0.457. The van der Waals surface area contributed by atoms with Crippen molar-refractivity contribution in [2.45, 2.75) is 25.2 Å². The minimum absolute atomic E-state index is 0.766. The maximum Gasteiger partial charge on any atom is 0.0181 e. The molecular formula is C11H18N2.